The smallest absolute Gasteiger partial charge is 0.0767 e. The standard InChI is InChI=1S/C27H26ClN3O/c28-23-11-9-22(10-12-23)27(30-26-13-14-29-25-4-2-1-3-24(25)26)21-7-5-20(6-8-21)19-31-15-17-32-18-16-31/h1-14,27H,15-19H2,(H,29,30). The van der Waals surface area contributed by atoms with Crippen LogP contribution in [0.5, 0.6) is 0 Å². The molecule has 1 atom stereocenters. The largest absolute Gasteiger partial charge is 0.379 e. The molecule has 5 rings (SSSR count). The molecule has 0 bridgehead atoms. The van der Waals surface area contributed by atoms with Crippen molar-refractivity contribution in [2.24, 2.45) is 0 Å². The Hall–Kier alpha value is -2.92. The zero-order valence-corrected chi connectivity index (χ0v) is 18.6. The summed E-state index contributed by atoms with van der Waals surface area (Å²) in [6.45, 7) is 4.58. The number of benzene rings is 3. The molecule has 0 amide bonds. The van der Waals surface area contributed by atoms with Crippen LogP contribution in [0.3, 0.4) is 0 Å². The van der Waals surface area contributed by atoms with Crippen LogP contribution in [0.25, 0.3) is 10.9 Å². The number of morpholine rings is 1. The molecule has 1 aromatic heterocycles. The minimum Gasteiger partial charge on any atom is -0.379 e. The van der Waals surface area contributed by atoms with E-state index in [1.54, 1.807) is 0 Å². The molecule has 1 aliphatic heterocycles. The first-order valence-electron chi connectivity index (χ1n) is 11.0. The van der Waals surface area contributed by atoms with Crippen molar-refractivity contribution in [3.63, 3.8) is 0 Å². The molecule has 2 heterocycles. The van der Waals surface area contributed by atoms with Gasteiger partial charge in [-0.15, -0.1) is 0 Å². The van der Waals surface area contributed by atoms with E-state index in [1.807, 2.05) is 42.6 Å². The summed E-state index contributed by atoms with van der Waals surface area (Å²) < 4.78 is 5.47. The van der Waals surface area contributed by atoms with Crippen LogP contribution < -0.4 is 5.32 Å². The van der Waals surface area contributed by atoms with Crippen LogP contribution in [0.1, 0.15) is 22.7 Å². The maximum absolute atomic E-state index is 6.17. The molecule has 162 valence electrons. The maximum atomic E-state index is 6.17. The molecule has 1 unspecified atom stereocenters. The normalized spacial score (nSPS) is 15.5. The van der Waals surface area contributed by atoms with Crippen molar-refractivity contribution >= 4 is 28.2 Å². The Morgan fingerprint density at radius 3 is 2.31 bits per heavy atom. The SMILES string of the molecule is Clc1ccc(C(Nc2ccnc3ccccc23)c2ccc(CN3CCOCC3)cc2)cc1. The average Bonchev–Trinajstić information content (AvgIpc) is 2.85. The van der Waals surface area contributed by atoms with Gasteiger partial charge in [0.25, 0.3) is 0 Å². The second-order valence-corrected chi connectivity index (χ2v) is 8.57. The average molecular weight is 444 g/mol. The fourth-order valence-electron chi connectivity index (χ4n) is 4.22. The van der Waals surface area contributed by atoms with E-state index in [0.717, 1.165) is 60.0 Å². The van der Waals surface area contributed by atoms with Gasteiger partial charge in [0, 0.05) is 41.9 Å². The van der Waals surface area contributed by atoms with Gasteiger partial charge in [-0.05, 0) is 41.0 Å². The van der Waals surface area contributed by atoms with E-state index in [4.69, 9.17) is 16.3 Å². The van der Waals surface area contributed by atoms with E-state index in [2.05, 4.69) is 57.7 Å². The molecule has 4 nitrogen and oxygen atoms in total. The third-order valence-corrected chi connectivity index (χ3v) is 6.23. The van der Waals surface area contributed by atoms with Crippen molar-refractivity contribution in [1.29, 1.82) is 0 Å². The van der Waals surface area contributed by atoms with Gasteiger partial charge in [0.15, 0.2) is 0 Å². The van der Waals surface area contributed by atoms with Gasteiger partial charge in [0.05, 0.1) is 24.8 Å². The van der Waals surface area contributed by atoms with Gasteiger partial charge in [-0.1, -0.05) is 66.2 Å². The summed E-state index contributed by atoms with van der Waals surface area (Å²) >= 11 is 6.17. The second kappa shape index (κ2) is 9.70. The van der Waals surface area contributed by atoms with Gasteiger partial charge >= 0.3 is 0 Å². The lowest BCUT2D eigenvalue weighted by Gasteiger charge is -2.27. The number of para-hydroxylation sites is 1. The highest BCUT2D eigenvalue weighted by Gasteiger charge is 2.17. The predicted octanol–water partition coefficient (Wildman–Crippen LogP) is 5.92. The third kappa shape index (κ3) is 4.78. The summed E-state index contributed by atoms with van der Waals surface area (Å²) in [5, 5.41) is 5.61. The van der Waals surface area contributed by atoms with Crippen LogP contribution in [0.2, 0.25) is 5.02 Å². The van der Waals surface area contributed by atoms with Crippen LogP contribution in [-0.4, -0.2) is 36.2 Å². The van der Waals surface area contributed by atoms with E-state index in [0.29, 0.717) is 0 Å². The molecule has 3 aromatic carbocycles. The lowest BCUT2D eigenvalue weighted by molar-refractivity contribution is 0.0342. The van der Waals surface area contributed by atoms with Gasteiger partial charge < -0.3 is 10.1 Å². The number of rotatable bonds is 6. The molecule has 1 N–H and O–H groups in total. The Balaban J connectivity index is 1.45. The molecular formula is C27H26ClN3O. The molecule has 0 radical (unpaired) electrons. The number of hydrogen-bond acceptors (Lipinski definition) is 4. The van der Waals surface area contributed by atoms with Crippen molar-refractivity contribution in [3.05, 3.63) is 107 Å². The van der Waals surface area contributed by atoms with Gasteiger partial charge in [0.1, 0.15) is 0 Å². The van der Waals surface area contributed by atoms with Crippen LogP contribution in [-0.2, 0) is 11.3 Å². The van der Waals surface area contributed by atoms with Crippen LogP contribution in [0.4, 0.5) is 5.69 Å². The number of halogens is 1. The van der Waals surface area contributed by atoms with E-state index >= 15 is 0 Å². The number of aromatic nitrogens is 1. The quantitative estimate of drug-likeness (QED) is 0.401. The molecule has 1 fully saturated rings. The van der Waals surface area contributed by atoms with E-state index in [1.165, 1.54) is 11.1 Å². The Morgan fingerprint density at radius 2 is 1.56 bits per heavy atom. The Morgan fingerprint density at radius 1 is 0.875 bits per heavy atom. The fraction of sp³-hybridized carbons (Fsp3) is 0.222. The highest BCUT2D eigenvalue weighted by molar-refractivity contribution is 6.30. The van der Waals surface area contributed by atoms with Crippen molar-refractivity contribution in [2.45, 2.75) is 12.6 Å². The number of anilines is 1. The Labute approximate surface area is 193 Å². The van der Waals surface area contributed by atoms with Crippen LogP contribution in [0.15, 0.2) is 85.1 Å². The van der Waals surface area contributed by atoms with E-state index in [9.17, 15) is 0 Å². The summed E-state index contributed by atoms with van der Waals surface area (Å²) in [6, 6.07) is 27.2. The number of ether oxygens (including phenoxy) is 1. The molecule has 0 aliphatic carbocycles. The van der Waals surface area contributed by atoms with Gasteiger partial charge in [-0.2, -0.15) is 0 Å². The molecule has 0 saturated carbocycles. The number of nitrogens with zero attached hydrogens (tertiary/aromatic N) is 2. The zero-order chi connectivity index (χ0) is 21.8. The van der Waals surface area contributed by atoms with Crippen LogP contribution >= 0.6 is 11.6 Å². The molecule has 0 spiro atoms. The summed E-state index contributed by atoms with van der Waals surface area (Å²) in [6.07, 6.45) is 1.86. The summed E-state index contributed by atoms with van der Waals surface area (Å²) in [7, 11) is 0. The topological polar surface area (TPSA) is 37.4 Å². The van der Waals surface area contributed by atoms with E-state index < -0.39 is 0 Å². The van der Waals surface area contributed by atoms with Crippen LogP contribution in [0, 0.1) is 0 Å². The minimum absolute atomic E-state index is 0.00416. The Kier molecular flexibility index (Phi) is 6.35. The van der Waals surface area contributed by atoms with Crippen molar-refractivity contribution in [2.75, 3.05) is 31.6 Å². The highest BCUT2D eigenvalue weighted by atomic mass is 35.5. The first-order chi connectivity index (χ1) is 15.8. The molecule has 32 heavy (non-hydrogen) atoms. The van der Waals surface area contributed by atoms with Crippen molar-refractivity contribution < 1.29 is 4.74 Å². The molecule has 1 saturated heterocycles. The van der Waals surface area contributed by atoms with Crippen molar-refractivity contribution in [3.8, 4) is 0 Å². The summed E-state index contributed by atoms with van der Waals surface area (Å²) in [5.74, 6) is 0. The third-order valence-electron chi connectivity index (χ3n) is 5.98. The fourth-order valence-corrected chi connectivity index (χ4v) is 4.35. The van der Waals surface area contributed by atoms with Gasteiger partial charge in [0.2, 0.25) is 0 Å². The Bertz CT molecular complexity index is 1170. The van der Waals surface area contributed by atoms with Crippen molar-refractivity contribution in [1.82, 2.24) is 9.88 Å². The molecule has 4 aromatic rings. The number of fused-ring (bicyclic) bond motifs is 1. The zero-order valence-electron chi connectivity index (χ0n) is 17.9. The first kappa shape index (κ1) is 21.0. The number of pyridine rings is 1. The van der Waals surface area contributed by atoms with Gasteiger partial charge in [-0.25, -0.2) is 0 Å². The lowest BCUT2D eigenvalue weighted by atomic mass is 9.97. The highest BCUT2D eigenvalue weighted by Crippen LogP contribution is 2.31. The second-order valence-electron chi connectivity index (χ2n) is 8.13. The van der Waals surface area contributed by atoms with E-state index in [-0.39, 0.29) is 6.04 Å². The predicted molar refractivity (Wildman–Crippen MR) is 131 cm³/mol. The summed E-state index contributed by atoms with van der Waals surface area (Å²) in [4.78, 5) is 6.94. The first-order valence-corrected chi connectivity index (χ1v) is 11.4. The minimum atomic E-state index is -0.00416. The lowest BCUT2D eigenvalue weighted by Crippen LogP contribution is -2.35. The number of hydrogen-bond donors (Lipinski definition) is 1. The molecule has 5 heteroatoms. The number of nitrogens with one attached hydrogen (secondary N) is 1. The van der Waals surface area contributed by atoms with Gasteiger partial charge in [-0.3, -0.25) is 9.88 Å². The molecular weight excluding hydrogens is 418 g/mol. The summed E-state index contributed by atoms with van der Waals surface area (Å²) in [5.41, 5.74) is 5.73. The monoisotopic (exact) mass is 443 g/mol. The maximum Gasteiger partial charge on any atom is 0.0767 e. The molecule has 1 aliphatic rings.